The molecule has 0 aliphatic carbocycles. The molecule has 0 atom stereocenters. The van der Waals surface area contributed by atoms with E-state index in [-0.39, 0.29) is 0 Å². The first-order valence-electron chi connectivity index (χ1n) is 3.32. The minimum atomic E-state index is -3.70. The van der Waals surface area contributed by atoms with Gasteiger partial charge < -0.3 is 4.65 Å². The first kappa shape index (κ1) is 11.7. The Morgan fingerprint density at radius 2 is 1.00 bits per heavy atom. The third-order valence-electron chi connectivity index (χ3n) is 1.38. The second-order valence-electron chi connectivity index (χ2n) is 2.28. The predicted octanol–water partition coefficient (Wildman–Crippen LogP) is 2.68. The first-order valence-corrected chi connectivity index (χ1v) is 3.32. The molecule has 15 heavy (non-hydrogen) atoms. The Morgan fingerprint density at radius 3 is 1.33 bits per heavy atom. The van der Waals surface area contributed by atoms with Gasteiger partial charge in [-0.25, -0.2) is 21.8 Å². The summed E-state index contributed by atoms with van der Waals surface area (Å²) in [6.07, 6.45) is 0. The lowest BCUT2D eigenvalue weighted by Crippen LogP contribution is -2.14. The summed E-state index contributed by atoms with van der Waals surface area (Å²) in [5, 5.41) is 0. The summed E-state index contributed by atoms with van der Waals surface area (Å²) < 4.78 is 88.5. The van der Waals surface area contributed by atoms with Crippen LogP contribution >= 0.6 is 0 Å². The van der Waals surface area contributed by atoms with Gasteiger partial charge >= 0.3 is 7.47 Å². The summed E-state index contributed by atoms with van der Waals surface area (Å²) in [6.45, 7) is 0. The number of hydrogen-bond donors (Lipinski definition) is 0. The van der Waals surface area contributed by atoms with Gasteiger partial charge in [0.15, 0.2) is 5.75 Å². The maximum Gasteiger partial charge on any atom is 0.796 e. The van der Waals surface area contributed by atoms with Gasteiger partial charge in [-0.3, -0.25) is 0 Å². The first-order chi connectivity index (χ1) is 6.86. The van der Waals surface area contributed by atoms with Gasteiger partial charge in [0.1, 0.15) is 0 Å². The molecule has 0 aliphatic heterocycles. The maximum absolute atomic E-state index is 12.6. The molecule has 0 fully saturated rings. The van der Waals surface area contributed by atoms with E-state index in [1.165, 1.54) is 0 Å². The molecule has 0 saturated heterocycles. The molecule has 1 aromatic carbocycles. The number of benzene rings is 1. The molecular weight excluding hydrogens is 232 g/mol. The van der Waals surface area contributed by atoms with Crippen molar-refractivity contribution in [3.8, 4) is 5.75 Å². The van der Waals surface area contributed by atoms with E-state index in [4.69, 9.17) is 0 Å². The van der Waals surface area contributed by atoms with Gasteiger partial charge in [-0.1, -0.05) is 0 Å². The Labute approximate surface area is 78.7 Å². The smallest absolute Gasteiger partial charge is 0.500 e. The van der Waals surface area contributed by atoms with Gasteiger partial charge in [-0.15, -0.1) is 0 Å². The zero-order valence-corrected chi connectivity index (χ0v) is 6.63. The topological polar surface area (TPSA) is 9.23 Å². The van der Waals surface area contributed by atoms with Crippen LogP contribution in [0.4, 0.5) is 30.6 Å². The Hall–Kier alpha value is -1.41. The van der Waals surface area contributed by atoms with Crippen LogP contribution in [0.5, 0.6) is 5.75 Å². The Kier molecular flexibility index (Phi) is 3.11. The summed E-state index contributed by atoms with van der Waals surface area (Å²) in [7, 11) is -3.70. The minimum absolute atomic E-state index is 2.00. The Balaban J connectivity index is 3.39. The quantitative estimate of drug-likeness (QED) is 0.329. The van der Waals surface area contributed by atoms with E-state index < -0.39 is 42.3 Å². The normalized spacial score (nSPS) is 10.3. The third-order valence-corrected chi connectivity index (χ3v) is 1.38. The summed E-state index contributed by atoms with van der Waals surface area (Å²) in [5.74, 6) is -14.0. The van der Waals surface area contributed by atoms with Crippen molar-refractivity contribution in [2.75, 3.05) is 0 Å². The van der Waals surface area contributed by atoms with Gasteiger partial charge in [-0.05, 0) is 0 Å². The van der Waals surface area contributed by atoms with Gasteiger partial charge in [0.25, 0.3) is 0 Å². The van der Waals surface area contributed by atoms with Gasteiger partial charge in [0, 0.05) is 0 Å². The third kappa shape index (κ3) is 2.00. The molecule has 0 spiro atoms. The zero-order chi connectivity index (χ0) is 11.7. The largest absolute Gasteiger partial charge is 0.796 e. The van der Waals surface area contributed by atoms with Crippen LogP contribution in [0, 0.1) is 29.1 Å². The van der Waals surface area contributed by atoms with E-state index in [2.05, 4.69) is 4.65 Å². The molecule has 0 bridgehead atoms. The minimum Gasteiger partial charge on any atom is -0.500 e. The van der Waals surface area contributed by atoms with Crippen molar-refractivity contribution in [2.45, 2.75) is 0 Å². The van der Waals surface area contributed by atoms with Crippen LogP contribution in [0.25, 0.3) is 0 Å². The van der Waals surface area contributed by atoms with Crippen LogP contribution in [0.1, 0.15) is 0 Å². The Morgan fingerprint density at radius 1 is 0.667 bits per heavy atom. The van der Waals surface area contributed by atoms with Crippen LogP contribution in [-0.4, -0.2) is 7.47 Å². The molecule has 0 heterocycles. The molecule has 9 heteroatoms. The lowest BCUT2D eigenvalue weighted by atomic mass is 10.2. The molecule has 0 amide bonds. The fourth-order valence-corrected chi connectivity index (χ4v) is 0.777. The highest BCUT2D eigenvalue weighted by molar-refractivity contribution is 6.35. The summed E-state index contributed by atoms with van der Waals surface area (Å²) in [5.41, 5.74) is 0. The van der Waals surface area contributed by atoms with E-state index in [1.54, 1.807) is 0 Å². The number of halogens is 7. The summed E-state index contributed by atoms with van der Waals surface area (Å²) >= 11 is 0. The van der Waals surface area contributed by atoms with E-state index in [1.807, 2.05) is 0 Å². The van der Waals surface area contributed by atoms with Crippen LogP contribution in [0.3, 0.4) is 0 Å². The van der Waals surface area contributed by atoms with Gasteiger partial charge in [-0.2, -0.15) is 8.78 Å². The molecule has 0 radical (unpaired) electrons. The number of rotatable bonds is 2. The molecule has 82 valence electrons. The molecule has 1 rings (SSSR count). The average molecular weight is 232 g/mol. The number of hydrogen-bond acceptors (Lipinski definition) is 1. The van der Waals surface area contributed by atoms with Gasteiger partial charge in [0.2, 0.25) is 29.1 Å². The van der Waals surface area contributed by atoms with Crippen LogP contribution in [0.2, 0.25) is 0 Å². The molecule has 0 N–H and O–H groups in total. The monoisotopic (exact) mass is 232 g/mol. The predicted molar refractivity (Wildman–Crippen MR) is 34.8 cm³/mol. The van der Waals surface area contributed by atoms with E-state index in [0.717, 1.165) is 0 Å². The molecule has 0 unspecified atom stereocenters. The van der Waals surface area contributed by atoms with Crippen molar-refractivity contribution in [3.63, 3.8) is 0 Å². The van der Waals surface area contributed by atoms with Crippen LogP contribution < -0.4 is 4.65 Å². The van der Waals surface area contributed by atoms with Crippen molar-refractivity contribution in [1.29, 1.82) is 0 Å². The fourth-order valence-electron chi connectivity index (χ4n) is 0.777. The lowest BCUT2D eigenvalue weighted by Gasteiger charge is -2.07. The van der Waals surface area contributed by atoms with Crippen molar-refractivity contribution in [2.24, 2.45) is 0 Å². The molecule has 1 aromatic rings. The molecular formula is C6BF7O. The van der Waals surface area contributed by atoms with Crippen LogP contribution in [-0.2, 0) is 0 Å². The highest BCUT2D eigenvalue weighted by Gasteiger charge is 2.31. The molecule has 0 saturated carbocycles. The fraction of sp³-hybridized carbons (Fsp3) is 0. The zero-order valence-electron chi connectivity index (χ0n) is 6.63. The highest BCUT2D eigenvalue weighted by Crippen LogP contribution is 2.29. The molecule has 0 aromatic heterocycles. The maximum atomic E-state index is 12.6. The Bertz CT molecular complexity index is 365. The van der Waals surface area contributed by atoms with Gasteiger partial charge in [0.05, 0.1) is 0 Å². The summed E-state index contributed by atoms with van der Waals surface area (Å²) in [6, 6.07) is 0. The highest BCUT2D eigenvalue weighted by atomic mass is 19.2. The van der Waals surface area contributed by atoms with Crippen molar-refractivity contribution < 1.29 is 35.2 Å². The second kappa shape index (κ2) is 3.99. The molecule has 0 aliphatic rings. The average Bonchev–Trinajstić information content (AvgIpc) is 2.18. The van der Waals surface area contributed by atoms with Crippen molar-refractivity contribution in [1.82, 2.24) is 0 Å². The standard InChI is InChI=1S/C6BF7O/c8-1-2(9)4(11)6(15-7(13)14)5(12)3(1)10. The van der Waals surface area contributed by atoms with Crippen molar-refractivity contribution in [3.05, 3.63) is 29.1 Å². The lowest BCUT2D eigenvalue weighted by molar-refractivity contribution is 0.328. The molecule has 1 nitrogen and oxygen atoms in total. The van der Waals surface area contributed by atoms with Crippen molar-refractivity contribution >= 4 is 7.47 Å². The van der Waals surface area contributed by atoms with E-state index in [0.29, 0.717) is 0 Å². The van der Waals surface area contributed by atoms with E-state index >= 15 is 0 Å². The summed E-state index contributed by atoms with van der Waals surface area (Å²) in [4.78, 5) is 0. The van der Waals surface area contributed by atoms with Crippen LogP contribution in [0.15, 0.2) is 0 Å². The second-order valence-corrected chi connectivity index (χ2v) is 2.28. The SMILES string of the molecule is FB(F)Oc1c(F)c(F)c(F)c(F)c1F. The van der Waals surface area contributed by atoms with E-state index in [9.17, 15) is 30.6 Å².